The van der Waals surface area contributed by atoms with Crippen molar-refractivity contribution in [2.75, 3.05) is 31.6 Å². The minimum Gasteiger partial charge on any atom is -0.357 e. The molecule has 1 aliphatic rings. The van der Waals surface area contributed by atoms with Crippen LogP contribution in [0.4, 0.5) is 10.1 Å². The number of piperazine rings is 1. The van der Waals surface area contributed by atoms with Crippen LogP contribution in [0.25, 0.3) is 0 Å². The highest BCUT2D eigenvalue weighted by molar-refractivity contribution is 7.18. The molecule has 98 valence electrons. The van der Waals surface area contributed by atoms with Crippen LogP contribution in [0, 0.1) is 10.1 Å². The van der Waals surface area contributed by atoms with Crippen LogP contribution < -0.4 is 15.5 Å². The smallest absolute Gasteiger partial charge is 0.345 e. The fourth-order valence-corrected chi connectivity index (χ4v) is 2.62. The second-order valence-electron chi connectivity index (χ2n) is 3.77. The van der Waals surface area contributed by atoms with Gasteiger partial charge < -0.3 is 15.5 Å². The van der Waals surface area contributed by atoms with E-state index >= 15 is 0 Å². The van der Waals surface area contributed by atoms with Crippen molar-refractivity contribution >= 4 is 27.4 Å². The SMILES string of the molecule is CNC(=O)C1CNCCN1c1ncc([N+](=O)[O-])s1. The Morgan fingerprint density at radius 1 is 1.78 bits per heavy atom. The third kappa shape index (κ3) is 2.41. The standard InChI is InChI=1S/C9H13N5O3S/c1-10-8(15)6-4-11-2-3-13(6)9-12-5-7(18-9)14(16)17/h5-6,11H,2-4H2,1H3,(H,10,15). The fraction of sp³-hybridized carbons (Fsp3) is 0.556. The van der Waals surface area contributed by atoms with Crippen LogP contribution >= 0.6 is 11.3 Å². The Balaban J connectivity index is 2.22. The number of anilines is 1. The Morgan fingerprint density at radius 2 is 2.56 bits per heavy atom. The Labute approximate surface area is 107 Å². The Morgan fingerprint density at radius 3 is 3.17 bits per heavy atom. The van der Waals surface area contributed by atoms with Gasteiger partial charge in [0.2, 0.25) is 5.91 Å². The van der Waals surface area contributed by atoms with Crippen molar-refractivity contribution in [3.8, 4) is 0 Å². The van der Waals surface area contributed by atoms with Crippen molar-refractivity contribution in [2.45, 2.75) is 6.04 Å². The van der Waals surface area contributed by atoms with E-state index in [1.807, 2.05) is 0 Å². The molecule has 0 aliphatic carbocycles. The lowest BCUT2D eigenvalue weighted by atomic mass is 10.2. The lowest BCUT2D eigenvalue weighted by Gasteiger charge is -2.34. The summed E-state index contributed by atoms with van der Waals surface area (Å²) < 4.78 is 0. The summed E-state index contributed by atoms with van der Waals surface area (Å²) in [6, 6.07) is -0.380. The average molecular weight is 271 g/mol. The zero-order valence-electron chi connectivity index (χ0n) is 9.75. The van der Waals surface area contributed by atoms with Crippen molar-refractivity contribution in [1.29, 1.82) is 0 Å². The Hall–Kier alpha value is -1.74. The van der Waals surface area contributed by atoms with Crippen LogP contribution in [0.5, 0.6) is 0 Å². The van der Waals surface area contributed by atoms with Crippen LogP contribution in [0.15, 0.2) is 6.20 Å². The molecule has 0 radical (unpaired) electrons. The number of carbonyl (C=O) groups is 1. The van der Waals surface area contributed by atoms with Gasteiger partial charge >= 0.3 is 5.00 Å². The monoisotopic (exact) mass is 271 g/mol. The van der Waals surface area contributed by atoms with Gasteiger partial charge in [0, 0.05) is 26.7 Å². The van der Waals surface area contributed by atoms with Crippen molar-refractivity contribution in [2.24, 2.45) is 0 Å². The second-order valence-corrected chi connectivity index (χ2v) is 4.75. The minimum atomic E-state index is -0.474. The highest BCUT2D eigenvalue weighted by atomic mass is 32.1. The molecule has 8 nitrogen and oxygen atoms in total. The normalized spacial score (nSPS) is 19.6. The number of aromatic nitrogens is 1. The average Bonchev–Trinajstić information content (AvgIpc) is 2.87. The number of carbonyl (C=O) groups excluding carboxylic acids is 1. The third-order valence-corrected chi connectivity index (χ3v) is 3.69. The molecule has 0 bridgehead atoms. The number of nitro groups is 1. The predicted octanol–water partition coefficient (Wildman–Crippen LogP) is -0.425. The molecule has 9 heteroatoms. The zero-order valence-corrected chi connectivity index (χ0v) is 10.6. The molecule has 2 rings (SSSR count). The first-order valence-corrected chi connectivity index (χ1v) is 6.24. The van der Waals surface area contributed by atoms with Crippen molar-refractivity contribution in [3.05, 3.63) is 16.3 Å². The fourth-order valence-electron chi connectivity index (χ4n) is 1.81. The second kappa shape index (κ2) is 5.27. The van der Waals surface area contributed by atoms with E-state index < -0.39 is 4.92 Å². The van der Waals surface area contributed by atoms with Gasteiger partial charge in [-0.3, -0.25) is 14.9 Å². The molecule has 1 saturated heterocycles. The number of amides is 1. The first-order valence-electron chi connectivity index (χ1n) is 5.42. The van der Waals surface area contributed by atoms with E-state index in [-0.39, 0.29) is 17.0 Å². The van der Waals surface area contributed by atoms with Gasteiger partial charge in [-0.25, -0.2) is 4.98 Å². The minimum absolute atomic E-state index is 0.0146. The molecule has 1 aromatic rings. The van der Waals surface area contributed by atoms with Gasteiger partial charge in [-0.2, -0.15) is 0 Å². The summed E-state index contributed by atoms with van der Waals surface area (Å²) in [6.07, 6.45) is 1.23. The van der Waals surface area contributed by atoms with E-state index in [1.54, 1.807) is 11.9 Å². The summed E-state index contributed by atoms with van der Waals surface area (Å²) in [4.78, 5) is 27.7. The zero-order chi connectivity index (χ0) is 13.1. The molecule has 18 heavy (non-hydrogen) atoms. The maximum Gasteiger partial charge on any atom is 0.345 e. The molecule has 1 fully saturated rings. The number of nitrogens with one attached hydrogen (secondary N) is 2. The van der Waals surface area contributed by atoms with Crippen LogP contribution in [-0.2, 0) is 4.79 Å². The molecule has 1 atom stereocenters. The van der Waals surface area contributed by atoms with E-state index in [0.29, 0.717) is 18.2 Å². The van der Waals surface area contributed by atoms with Gasteiger partial charge in [-0.1, -0.05) is 0 Å². The van der Waals surface area contributed by atoms with Crippen LogP contribution in [0.1, 0.15) is 0 Å². The molecular weight excluding hydrogens is 258 g/mol. The van der Waals surface area contributed by atoms with E-state index in [0.717, 1.165) is 17.9 Å². The number of likely N-dealkylation sites (N-methyl/N-ethyl adjacent to an activating group) is 1. The topological polar surface area (TPSA) is 100 Å². The molecule has 0 saturated carbocycles. The van der Waals surface area contributed by atoms with E-state index in [9.17, 15) is 14.9 Å². The van der Waals surface area contributed by atoms with E-state index in [2.05, 4.69) is 15.6 Å². The predicted molar refractivity (Wildman–Crippen MR) is 66.8 cm³/mol. The molecule has 2 N–H and O–H groups in total. The van der Waals surface area contributed by atoms with Crippen LogP contribution in [0.3, 0.4) is 0 Å². The lowest BCUT2D eigenvalue weighted by molar-refractivity contribution is -0.380. The maximum atomic E-state index is 11.7. The molecule has 1 aliphatic heterocycles. The molecule has 0 aromatic carbocycles. The molecule has 1 amide bonds. The van der Waals surface area contributed by atoms with Gasteiger partial charge in [0.15, 0.2) is 5.13 Å². The summed E-state index contributed by atoms with van der Waals surface area (Å²) in [6.45, 7) is 1.83. The third-order valence-electron chi connectivity index (χ3n) is 2.70. The number of nitrogens with zero attached hydrogens (tertiary/aromatic N) is 3. The first kappa shape index (κ1) is 12.7. The molecule has 2 heterocycles. The van der Waals surface area contributed by atoms with Gasteiger partial charge in [0.25, 0.3) is 0 Å². The largest absolute Gasteiger partial charge is 0.357 e. The van der Waals surface area contributed by atoms with Gasteiger partial charge in [-0.05, 0) is 11.3 Å². The van der Waals surface area contributed by atoms with Crippen LogP contribution in [0.2, 0.25) is 0 Å². The Bertz CT molecular complexity index is 463. The summed E-state index contributed by atoms with van der Waals surface area (Å²) in [7, 11) is 1.57. The molecule has 0 spiro atoms. The van der Waals surface area contributed by atoms with Crippen molar-refractivity contribution in [3.63, 3.8) is 0 Å². The molecule has 1 unspecified atom stereocenters. The van der Waals surface area contributed by atoms with E-state index in [1.165, 1.54) is 6.20 Å². The van der Waals surface area contributed by atoms with Crippen molar-refractivity contribution in [1.82, 2.24) is 15.6 Å². The Kier molecular flexibility index (Phi) is 3.72. The number of hydrogen-bond acceptors (Lipinski definition) is 7. The summed E-state index contributed by atoms with van der Waals surface area (Å²) in [5.41, 5.74) is 0. The first-order chi connectivity index (χ1) is 8.63. The summed E-state index contributed by atoms with van der Waals surface area (Å²) >= 11 is 0.987. The quantitative estimate of drug-likeness (QED) is 0.572. The van der Waals surface area contributed by atoms with Crippen molar-refractivity contribution < 1.29 is 9.72 Å². The van der Waals surface area contributed by atoms with Gasteiger partial charge in [0.05, 0.1) is 4.92 Å². The molecule has 1 aromatic heterocycles. The number of rotatable bonds is 3. The van der Waals surface area contributed by atoms with Gasteiger partial charge in [0.1, 0.15) is 12.2 Å². The number of hydrogen-bond donors (Lipinski definition) is 2. The lowest BCUT2D eigenvalue weighted by Crippen LogP contribution is -2.57. The maximum absolute atomic E-state index is 11.7. The number of thiazole rings is 1. The summed E-state index contributed by atoms with van der Waals surface area (Å²) in [5, 5.41) is 16.8. The van der Waals surface area contributed by atoms with Crippen LogP contribution in [-0.4, -0.2) is 48.5 Å². The van der Waals surface area contributed by atoms with E-state index in [4.69, 9.17) is 0 Å². The molecular formula is C9H13N5O3S. The van der Waals surface area contributed by atoms with Gasteiger partial charge in [-0.15, -0.1) is 0 Å². The summed E-state index contributed by atoms with van der Waals surface area (Å²) in [5.74, 6) is -0.125. The highest BCUT2D eigenvalue weighted by Gasteiger charge is 2.30. The highest BCUT2D eigenvalue weighted by Crippen LogP contribution is 2.29.